The van der Waals surface area contributed by atoms with Crippen LogP contribution in [0.1, 0.15) is 42.0 Å². The van der Waals surface area contributed by atoms with E-state index in [0.29, 0.717) is 23.0 Å². The third-order valence-corrected chi connectivity index (χ3v) is 11.9. The van der Waals surface area contributed by atoms with Crippen molar-refractivity contribution in [3.63, 3.8) is 0 Å². The minimum Gasteiger partial charge on any atom is -0.311 e. The Bertz CT molecular complexity index is 1850. The molecule has 0 heterocycles. The van der Waals surface area contributed by atoms with Gasteiger partial charge in [-0.1, -0.05) is 102 Å². The second-order valence-electron chi connectivity index (χ2n) is 12.0. The van der Waals surface area contributed by atoms with Gasteiger partial charge in [-0.15, -0.1) is 0 Å². The van der Waals surface area contributed by atoms with Crippen molar-refractivity contribution in [2.45, 2.75) is 51.6 Å². The molecule has 0 spiro atoms. The molecule has 1 unspecified atom stereocenters. The van der Waals surface area contributed by atoms with Crippen molar-refractivity contribution in [3.8, 4) is 0 Å². The lowest BCUT2D eigenvalue weighted by molar-refractivity contribution is -0.926. The first-order valence-electron chi connectivity index (χ1n) is 15.3. The fourth-order valence-electron chi connectivity index (χ4n) is 6.25. The summed E-state index contributed by atoms with van der Waals surface area (Å²) in [6.07, 6.45) is 1.68. The summed E-state index contributed by atoms with van der Waals surface area (Å²) in [4.78, 5) is 0.293. The normalized spacial score (nSPS) is 13.5. The second kappa shape index (κ2) is 14.1. The van der Waals surface area contributed by atoms with Gasteiger partial charge in [-0.05, 0) is 89.5 Å². The molecule has 0 radical (unpaired) electrons. The zero-order valence-corrected chi connectivity index (χ0v) is 28.9. The van der Waals surface area contributed by atoms with E-state index in [-0.39, 0.29) is 0 Å². The Morgan fingerprint density at radius 1 is 0.795 bits per heavy atom. The van der Waals surface area contributed by atoms with Crippen molar-refractivity contribution in [1.29, 1.82) is 0 Å². The molecule has 0 bridgehead atoms. The van der Waals surface area contributed by atoms with Crippen molar-refractivity contribution in [2.24, 2.45) is 0 Å². The van der Waals surface area contributed by atoms with E-state index in [4.69, 9.17) is 11.6 Å². The van der Waals surface area contributed by atoms with E-state index in [1.807, 2.05) is 48.5 Å². The highest BCUT2D eigenvalue weighted by Crippen LogP contribution is 2.29. The van der Waals surface area contributed by atoms with Crippen LogP contribution in [-0.2, 0) is 23.1 Å². The molecule has 1 atom stereocenters. The van der Waals surface area contributed by atoms with E-state index in [0.717, 1.165) is 69.5 Å². The average Bonchev–Trinajstić information content (AvgIpc) is 3.01. The van der Waals surface area contributed by atoms with Crippen LogP contribution in [0.25, 0.3) is 21.5 Å². The fraction of sp³-hybridized carbons (Fsp3) is 0.297. The van der Waals surface area contributed by atoms with Gasteiger partial charge in [0.25, 0.3) is 0 Å². The minimum atomic E-state index is -3.78. The van der Waals surface area contributed by atoms with Gasteiger partial charge in [0.15, 0.2) is 0 Å². The standard InChI is InChI=1S/C37H41BrClN2O2S/c1-4-41(27-38,26-30-22-28(2)21-29(3)23-30)20-8-7-19-40(25-33-14-9-12-31-11-5-6-15-35(31)33)44(42,43)34-17-18-36-32(24-34)13-10-16-37(36)39/h5-6,9-18,21-24H,4,7-8,19-20,25-27H2,1-3H3/q+1. The highest BCUT2D eigenvalue weighted by molar-refractivity contribution is 9.09. The number of benzene rings is 5. The van der Waals surface area contributed by atoms with Crippen LogP contribution in [0.4, 0.5) is 0 Å². The van der Waals surface area contributed by atoms with Gasteiger partial charge < -0.3 is 4.48 Å². The number of unbranched alkanes of at least 4 members (excludes halogenated alkanes) is 1. The molecule has 0 aliphatic rings. The van der Waals surface area contributed by atoms with E-state index in [2.05, 4.69) is 73.1 Å². The summed E-state index contributed by atoms with van der Waals surface area (Å²) < 4.78 is 31.2. The Morgan fingerprint density at radius 2 is 1.50 bits per heavy atom. The van der Waals surface area contributed by atoms with Crippen molar-refractivity contribution in [3.05, 3.63) is 124 Å². The quantitative estimate of drug-likeness (QED) is 0.0534. The predicted octanol–water partition coefficient (Wildman–Crippen LogP) is 9.62. The van der Waals surface area contributed by atoms with E-state index < -0.39 is 10.0 Å². The maximum Gasteiger partial charge on any atom is 0.243 e. The van der Waals surface area contributed by atoms with Crippen molar-refractivity contribution < 1.29 is 12.9 Å². The smallest absolute Gasteiger partial charge is 0.243 e. The maximum atomic E-state index is 14.3. The van der Waals surface area contributed by atoms with E-state index in [1.165, 1.54) is 16.7 Å². The Morgan fingerprint density at radius 3 is 2.25 bits per heavy atom. The van der Waals surface area contributed by atoms with Crippen molar-refractivity contribution >= 4 is 59.1 Å². The molecule has 5 aromatic rings. The summed E-state index contributed by atoms with van der Waals surface area (Å²) in [5.74, 6) is 0. The predicted molar refractivity (Wildman–Crippen MR) is 189 cm³/mol. The van der Waals surface area contributed by atoms with Crippen LogP contribution in [-0.4, -0.2) is 42.3 Å². The van der Waals surface area contributed by atoms with E-state index >= 15 is 0 Å². The van der Waals surface area contributed by atoms with E-state index in [1.54, 1.807) is 16.4 Å². The fourth-order valence-corrected chi connectivity index (χ4v) is 8.77. The molecular weight excluding hydrogens is 652 g/mol. The molecule has 5 rings (SSSR count). The molecule has 0 aromatic heterocycles. The summed E-state index contributed by atoms with van der Waals surface area (Å²) >= 11 is 10.2. The molecule has 0 aliphatic carbocycles. The number of quaternary nitrogens is 1. The third-order valence-electron chi connectivity index (χ3n) is 8.68. The summed E-state index contributed by atoms with van der Waals surface area (Å²) in [6.45, 7) is 10.2. The van der Waals surface area contributed by atoms with E-state index in [9.17, 15) is 8.42 Å². The molecule has 0 saturated heterocycles. The summed E-state index contributed by atoms with van der Waals surface area (Å²) in [5.41, 5.74) is 5.78. The van der Waals surface area contributed by atoms with Gasteiger partial charge in [0, 0.05) is 29.1 Å². The molecule has 0 amide bonds. The zero-order valence-electron chi connectivity index (χ0n) is 25.8. The van der Waals surface area contributed by atoms with Crippen LogP contribution < -0.4 is 0 Å². The molecule has 0 saturated carbocycles. The topological polar surface area (TPSA) is 37.4 Å². The van der Waals surface area contributed by atoms with Crippen LogP contribution in [0.15, 0.2) is 102 Å². The largest absolute Gasteiger partial charge is 0.311 e. The van der Waals surface area contributed by atoms with Gasteiger partial charge in [0.05, 0.1) is 18.0 Å². The molecular formula is C37H41BrClN2O2S+. The lowest BCUT2D eigenvalue weighted by Gasteiger charge is -2.36. The number of sulfonamides is 1. The number of hydrogen-bond acceptors (Lipinski definition) is 2. The summed E-state index contributed by atoms with van der Waals surface area (Å²) in [7, 11) is -3.78. The first kappa shape index (κ1) is 32.6. The molecule has 0 N–H and O–H groups in total. The van der Waals surface area contributed by atoms with Crippen LogP contribution in [0.5, 0.6) is 0 Å². The Balaban J connectivity index is 1.40. The van der Waals surface area contributed by atoms with Gasteiger partial charge in [-0.25, -0.2) is 8.42 Å². The highest BCUT2D eigenvalue weighted by Gasteiger charge is 2.28. The SMILES string of the molecule is CC[N+](CBr)(CCCCN(Cc1cccc2ccccc12)S(=O)(=O)c1ccc2c(Cl)cccc2c1)Cc1cc(C)cc(C)c1. The zero-order chi connectivity index (χ0) is 31.3. The number of rotatable bonds is 13. The number of alkyl halides is 1. The molecule has 4 nitrogen and oxygen atoms in total. The number of halogens is 2. The first-order chi connectivity index (χ1) is 21.1. The van der Waals surface area contributed by atoms with Gasteiger partial charge >= 0.3 is 0 Å². The summed E-state index contributed by atoms with van der Waals surface area (Å²) in [6, 6.07) is 31.9. The molecule has 0 aliphatic heterocycles. The average molecular weight is 693 g/mol. The number of nitrogens with zero attached hydrogens (tertiary/aromatic N) is 2. The molecule has 230 valence electrons. The van der Waals surface area contributed by atoms with Gasteiger partial charge in [0.2, 0.25) is 10.0 Å². The Labute approximate surface area is 276 Å². The second-order valence-corrected chi connectivity index (χ2v) is 14.8. The Hall–Kier alpha value is -2.74. The van der Waals surface area contributed by atoms with Gasteiger partial charge in [-0.3, -0.25) is 0 Å². The van der Waals surface area contributed by atoms with Crippen LogP contribution in [0.3, 0.4) is 0 Å². The molecule has 7 heteroatoms. The van der Waals surface area contributed by atoms with Crippen LogP contribution in [0, 0.1) is 13.8 Å². The van der Waals surface area contributed by atoms with Crippen molar-refractivity contribution in [1.82, 2.24) is 4.31 Å². The Kier molecular flexibility index (Phi) is 10.5. The lowest BCUT2D eigenvalue weighted by atomic mass is 10.0. The number of hydrogen-bond donors (Lipinski definition) is 0. The number of fused-ring (bicyclic) bond motifs is 2. The minimum absolute atomic E-state index is 0.293. The van der Waals surface area contributed by atoms with Crippen LogP contribution >= 0.6 is 27.5 Å². The monoisotopic (exact) mass is 691 g/mol. The van der Waals surface area contributed by atoms with Crippen molar-refractivity contribution in [2.75, 3.05) is 25.1 Å². The lowest BCUT2D eigenvalue weighted by Crippen LogP contribution is -2.47. The molecule has 44 heavy (non-hydrogen) atoms. The van der Waals surface area contributed by atoms with Gasteiger partial charge in [0.1, 0.15) is 12.0 Å². The highest BCUT2D eigenvalue weighted by atomic mass is 79.9. The van der Waals surface area contributed by atoms with Crippen LogP contribution in [0.2, 0.25) is 5.02 Å². The number of aryl methyl sites for hydroxylation is 2. The first-order valence-corrected chi connectivity index (χ1v) is 18.2. The molecule has 5 aromatic carbocycles. The maximum absolute atomic E-state index is 14.3. The summed E-state index contributed by atoms with van der Waals surface area (Å²) in [5, 5.41) is 4.47. The third kappa shape index (κ3) is 7.38. The van der Waals surface area contributed by atoms with Gasteiger partial charge in [-0.2, -0.15) is 4.31 Å². The molecule has 0 fully saturated rings.